The topological polar surface area (TPSA) is 12.0 Å². The van der Waals surface area contributed by atoms with Crippen LogP contribution in [0.3, 0.4) is 0 Å². The van der Waals surface area contributed by atoms with Gasteiger partial charge in [-0.05, 0) is 25.3 Å². The molecule has 1 nitrogen and oxygen atoms in total. The average molecular weight is 167 g/mol. The summed E-state index contributed by atoms with van der Waals surface area (Å²) in [5, 5.41) is 3.27. The second kappa shape index (κ2) is 6.96. The van der Waals surface area contributed by atoms with E-state index in [1.807, 2.05) is 7.05 Å². The SMILES string of the molecule is C/C=C\C(CC)=C(\CCC)NC. The first-order valence-electron chi connectivity index (χ1n) is 4.82. The minimum Gasteiger partial charge on any atom is -0.391 e. The second-order valence-corrected chi connectivity index (χ2v) is 2.86. The van der Waals surface area contributed by atoms with E-state index in [4.69, 9.17) is 0 Å². The summed E-state index contributed by atoms with van der Waals surface area (Å²) in [6.07, 6.45) is 7.77. The monoisotopic (exact) mass is 167 g/mol. The van der Waals surface area contributed by atoms with Gasteiger partial charge in [0.1, 0.15) is 0 Å². The molecule has 0 heterocycles. The lowest BCUT2D eigenvalue weighted by molar-refractivity contribution is 0.794. The minimum atomic E-state index is 1.11. The molecule has 0 aliphatic rings. The largest absolute Gasteiger partial charge is 0.391 e. The maximum atomic E-state index is 3.27. The van der Waals surface area contributed by atoms with E-state index in [-0.39, 0.29) is 0 Å². The van der Waals surface area contributed by atoms with E-state index in [9.17, 15) is 0 Å². The van der Waals surface area contributed by atoms with E-state index in [0.717, 1.165) is 12.8 Å². The van der Waals surface area contributed by atoms with Crippen molar-refractivity contribution in [3.63, 3.8) is 0 Å². The normalized spacial score (nSPS) is 13.3. The van der Waals surface area contributed by atoms with Gasteiger partial charge in [0.15, 0.2) is 0 Å². The summed E-state index contributed by atoms with van der Waals surface area (Å²) in [7, 11) is 2.00. The predicted molar refractivity (Wildman–Crippen MR) is 56.1 cm³/mol. The summed E-state index contributed by atoms with van der Waals surface area (Å²) >= 11 is 0. The van der Waals surface area contributed by atoms with Crippen LogP contribution in [0.15, 0.2) is 23.4 Å². The van der Waals surface area contributed by atoms with Crippen molar-refractivity contribution in [3.8, 4) is 0 Å². The van der Waals surface area contributed by atoms with Crippen LogP contribution in [0.5, 0.6) is 0 Å². The van der Waals surface area contributed by atoms with Gasteiger partial charge in [0.25, 0.3) is 0 Å². The molecule has 0 saturated heterocycles. The van der Waals surface area contributed by atoms with Crippen molar-refractivity contribution in [2.45, 2.75) is 40.0 Å². The molecule has 70 valence electrons. The Bertz CT molecular complexity index is 166. The highest BCUT2D eigenvalue weighted by Crippen LogP contribution is 2.12. The molecule has 0 aromatic carbocycles. The minimum absolute atomic E-state index is 1.11. The Morgan fingerprint density at radius 3 is 2.33 bits per heavy atom. The molecule has 0 aromatic heterocycles. The number of allylic oxidation sites excluding steroid dienone is 4. The van der Waals surface area contributed by atoms with Gasteiger partial charge in [-0.2, -0.15) is 0 Å². The van der Waals surface area contributed by atoms with Crippen molar-refractivity contribution in [2.24, 2.45) is 0 Å². The van der Waals surface area contributed by atoms with Crippen molar-refractivity contribution in [2.75, 3.05) is 7.05 Å². The molecule has 0 rings (SSSR count). The maximum Gasteiger partial charge on any atom is 0.0136 e. The standard InChI is InChI=1S/C11H21N/c1-5-8-10(7-3)11(12-4)9-6-2/h5,8,12H,6-7,9H2,1-4H3/b8-5-,11-10-. The molecule has 0 amide bonds. The van der Waals surface area contributed by atoms with Gasteiger partial charge in [-0.1, -0.05) is 32.4 Å². The summed E-state index contributed by atoms with van der Waals surface area (Å²) in [5.41, 5.74) is 2.82. The third-order valence-corrected chi connectivity index (χ3v) is 1.94. The second-order valence-electron chi connectivity index (χ2n) is 2.86. The number of hydrogen-bond donors (Lipinski definition) is 1. The molecule has 0 unspecified atom stereocenters. The summed E-state index contributed by atoms with van der Waals surface area (Å²) in [4.78, 5) is 0. The summed E-state index contributed by atoms with van der Waals surface area (Å²) in [5.74, 6) is 0. The van der Waals surface area contributed by atoms with Crippen LogP contribution in [0.25, 0.3) is 0 Å². The van der Waals surface area contributed by atoms with Crippen molar-refractivity contribution in [1.29, 1.82) is 0 Å². The highest BCUT2D eigenvalue weighted by atomic mass is 14.8. The van der Waals surface area contributed by atoms with E-state index < -0.39 is 0 Å². The van der Waals surface area contributed by atoms with Crippen LogP contribution in [0, 0.1) is 0 Å². The molecule has 0 radical (unpaired) electrons. The molecule has 12 heavy (non-hydrogen) atoms. The summed E-state index contributed by atoms with van der Waals surface area (Å²) < 4.78 is 0. The summed E-state index contributed by atoms with van der Waals surface area (Å²) in [6.45, 7) is 6.47. The number of nitrogens with one attached hydrogen (secondary N) is 1. The van der Waals surface area contributed by atoms with E-state index in [0.29, 0.717) is 0 Å². The zero-order valence-electron chi connectivity index (χ0n) is 8.78. The molecular weight excluding hydrogens is 146 g/mol. The Labute approximate surface area is 76.6 Å². The first-order valence-corrected chi connectivity index (χ1v) is 4.82. The Morgan fingerprint density at radius 1 is 1.33 bits per heavy atom. The predicted octanol–water partition coefficient (Wildman–Crippen LogP) is 3.25. The fourth-order valence-corrected chi connectivity index (χ4v) is 1.33. The van der Waals surface area contributed by atoms with Gasteiger partial charge >= 0.3 is 0 Å². The van der Waals surface area contributed by atoms with E-state index in [1.165, 1.54) is 17.7 Å². The van der Waals surface area contributed by atoms with Crippen LogP contribution in [0.2, 0.25) is 0 Å². The molecule has 0 atom stereocenters. The van der Waals surface area contributed by atoms with Gasteiger partial charge in [-0.3, -0.25) is 0 Å². The molecular formula is C11H21N. The van der Waals surface area contributed by atoms with E-state index >= 15 is 0 Å². The van der Waals surface area contributed by atoms with Gasteiger partial charge in [-0.25, -0.2) is 0 Å². The summed E-state index contributed by atoms with van der Waals surface area (Å²) in [6, 6.07) is 0. The average Bonchev–Trinajstić information content (AvgIpc) is 2.11. The van der Waals surface area contributed by atoms with Gasteiger partial charge in [-0.15, -0.1) is 0 Å². The van der Waals surface area contributed by atoms with Crippen LogP contribution in [0.1, 0.15) is 40.0 Å². The zero-order valence-corrected chi connectivity index (χ0v) is 8.78. The third-order valence-electron chi connectivity index (χ3n) is 1.94. The molecule has 0 spiro atoms. The van der Waals surface area contributed by atoms with E-state index in [1.54, 1.807) is 0 Å². The molecule has 0 saturated carbocycles. The van der Waals surface area contributed by atoms with Crippen molar-refractivity contribution in [1.82, 2.24) is 5.32 Å². The first-order chi connectivity index (χ1) is 5.79. The van der Waals surface area contributed by atoms with Crippen molar-refractivity contribution in [3.05, 3.63) is 23.4 Å². The van der Waals surface area contributed by atoms with Gasteiger partial charge < -0.3 is 5.32 Å². The highest BCUT2D eigenvalue weighted by molar-refractivity contribution is 5.23. The molecule has 0 aromatic rings. The number of hydrogen-bond acceptors (Lipinski definition) is 1. The lowest BCUT2D eigenvalue weighted by Crippen LogP contribution is -2.08. The third kappa shape index (κ3) is 3.61. The van der Waals surface area contributed by atoms with Crippen LogP contribution in [-0.4, -0.2) is 7.05 Å². The van der Waals surface area contributed by atoms with Gasteiger partial charge in [0, 0.05) is 12.7 Å². The zero-order chi connectivity index (χ0) is 9.40. The Kier molecular flexibility index (Phi) is 6.54. The first kappa shape index (κ1) is 11.3. The highest BCUT2D eigenvalue weighted by Gasteiger charge is 1.98. The van der Waals surface area contributed by atoms with Crippen LogP contribution >= 0.6 is 0 Å². The van der Waals surface area contributed by atoms with Crippen molar-refractivity contribution < 1.29 is 0 Å². The lowest BCUT2D eigenvalue weighted by Gasteiger charge is -2.09. The molecule has 0 fully saturated rings. The van der Waals surface area contributed by atoms with E-state index in [2.05, 4.69) is 38.2 Å². The molecule has 0 bridgehead atoms. The smallest absolute Gasteiger partial charge is 0.0136 e. The fourth-order valence-electron chi connectivity index (χ4n) is 1.33. The molecule has 1 N–H and O–H groups in total. The quantitative estimate of drug-likeness (QED) is 0.620. The molecule has 1 heteroatoms. The van der Waals surface area contributed by atoms with Gasteiger partial charge in [0.2, 0.25) is 0 Å². The molecule has 0 aliphatic heterocycles. The van der Waals surface area contributed by atoms with Gasteiger partial charge in [0.05, 0.1) is 0 Å². The maximum absolute atomic E-state index is 3.27. The number of rotatable bonds is 5. The Morgan fingerprint density at radius 2 is 2.00 bits per heavy atom. The van der Waals surface area contributed by atoms with Crippen LogP contribution < -0.4 is 5.32 Å². The fraction of sp³-hybridized carbons (Fsp3) is 0.636. The Balaban J connectivity index is 4.48. The van der Waals surface area contributed by atoms with Crippen LogP contribution in [0.4, 0.5) is 0 Å². The molecule has 0 aliphatic carbocycles. The Hall–Kier alpha value is -0.720. The van der Waals surface area contributed by atoms with Crippen molar-refractivity contribution >= 4 is 0 Å². The van der Waals surface area contributed by atoms with Crippen LogP contribution in [-0.2, 0) is 0 Å². The lowest BCUT2D eigenvalue weighted by atomic mass is 10.1.